The minimum atomic E-state index is 0.683. The first-order valence-corrected chi connectivity index (χ1v) is 17.7. The third-order valence-corrected chi connectivity index (χ3v) is 9.84. The highest BCUT2D eigenvalue weighted by molar-refractivity contribution is 6.09. The molecule has 10 rings (SSSR count). The summed E-state index contributed by atoms with van der Waals surface area (Å²) in [5, 5.41) is 1.05. The minimum absolute atomic E-state index is 0.683. The number of fused-ring (bicyclic) bond motifs is 5. The van der Waals surface area contributed by atoms with E-state index in [4.69, 9.17) is 19.9 Å². The quantitative estimate of drug-likeness (QED) is 0.176. The van der Waals surface area contributed by atoms with Crippen LogP contribution in [0.5, 0.6) is 0 Å². The van der Waals surface area contributed by atoms with E-state index in [2.05, 4.69) is 138 Å². The molecule has 0 bridgehead atoms. The fraction of sp³-hybridized carbons (Fsp3) is 0. The zero-order chi connectivity index (χ0) is 35.1. The summed E-state index contributed by atoms with van der Waals surface area (Å²) in [6, 6.07) is 62.9. The molecule has 0 saturated carbocycles. The number of hydrogen-bond donors (Lipinski definition) is 0. The number of hydrogen-bond acceptors (Lipinski definition) is 4. The number of benzene rings is 6. The Labute approximate surface area is 306 Å². The van der Waals surface area contributed by atoms with Crippen LogP contribution < -0.4 is 0 Å². The molecule has 0 aliphatic rings. The van der Waals surface area contributed by atoms with Crippen molar-refractivity contribution in [2.45, 2.75) is 0 Å². The molecule has 5 heteroatoms. The second kappa shape index (κ2) is 12.8. The van der Waals surface area contributed by atoms with Gasteiger partial charge in [-0.2, -0.15) is 0 Å². The summed E-state index contributed by atoms with van der Waals surface area (Å²) >= 11 is 0. The van der Waals surface area contributed by atoms with E-state index in [1.54, 1.807) is 0 Å². The Morgan fingerprint density at radius 1 is 0.358 bits per heavy atom. The number of nitrogens with zero attached hydrogens (tertiary/aromatic N) is 5. The molecule has 0 fully saturated rings. The summed E-state index contributed by atoms with van der Waals surface area (Å²) in [6.07, 6.45) is 2.06. The van der Waals surface area contributed by atoms with Crippen LogP contribution in [0.3, 0.4) is 0 Å². The van der Waals surface area contributed by atoms with Crippen molar-refractivity contribution in [3.05, 3.63) is 188 Å². The lowest BCUT2D eigenvalue weighted by Crippen LogP contribution is -1.96. The second-order valence-electron chi connectivity index (χ2n) is 13.1. The number of pyridine rings is 2. The van der Waals surface area contributed by atoms with Crippen molar-refractivity contribution in [1.29, 1.82) is 0 Å². The van der Waals surface area contributed by atoms with Gasteiger partial charge in [0.25, 0.3) is 0 Å². The molecule has 0 N–H and O–H groups in total. The minimum Gasteiger partial charge on any atom is -0.298 e. The van der Waals surface area contributed by atoms with Crippen LogP contribution in [0.2, 0.25) is 0 Å². The monoisotopic (exact) mass is 677 g/mol. The second-order valence-corrected chi connectivity index (χ2v) is 13.1. The van der Waals surface area contributed by atoms with Crippen LogP contribution in [-0.2, 0) is 0 Å². The Balaban J connectivity index is 1.03. The first-order chi connectivity index (χ1) is 26.2. The predicted molar refractivity (Wildman–Crippen MR) is 216 cm³/mol. The third kappa shape index (κ3) is 5.61. The van der Waals surface area contributed by atoms with E-state index in [0.29, 0.717) is 5.82 Å². The molecule has 0 unspecified atom stereocenters. The fourth-order valence-electron chi connectivity index (χ4n) is 7.16. The molecule has 0 atom stereocenters. The van der Waals surface area contributed by atoms with Gasteiger partial charge < -0.3 is 0 Å². The Morgan fingerprint density at radius 2 is 0.906 bits per heavy atom. The molecule has 0 amide bonds. The molecule has 5 nitrogen and oxygen atoms in total. The lowest BCUT2D eigenvalue weighted by molar-refractivity contribution is 1.18. The Bertz CT molecular complexity index is 2920. The highest BCUT2D eigenvalue weighted by atomic mass is 15.0. The van der Waals surface area contributed by atoms with Crippen LogP contribution >= 0.6 is 0 Å². The highest BCUT2D eigenvalue weighted by Gasteiger charge is 2.17. The van der Waals surface area contributed by atoms with Crippen molar-refractivity contribution in [2.75, 3.05) is 0 Å². The van der Waals surface area contributed by atoms with Crippen molar-refractivity contribution in [1.82, 2.24) is 24.3 Å². The van der Waals surface area contributed by atoms with Gasteiger partial charge in [-0.25, -0.2) is 19.9 Å². The van der Waals surface area contributed by atoms with Crippen molar-refractivity contribution in [2.24, 2.45) is 0 Å². The molecule has 0 radical (unpaired) electrons. The zero-order valence-electron chi connectivity index (χ0n) is 28.6. The maximum atomic E-state index is 5.16. The average molecular weight is 678 g/mol. The summed E-state index contributed by atoms with van der Waals surface area (Å²) < 4.78 is 2.14. The van der Waals surface area contributed by atoms with E-state index in [-0.39, 0.29) is 0 Å². The lowest BCUT2D eigenvalue weighted by Gasteiger charge is -2.11. The molecule has 0 spiro atoms. The number of para-hydroxylation sites is 1. The van der Waals surface area contributed by atoms with Gasteiger partial charge in [0.15, 0.2) is 5.82 Å². The van der Waals surface area contributed by atoms with Gasteiger partial charge in [-0.15, -0.1) is 0 Å². The van der Waals surface area contributed by atoms with E-state index in [1.165, 1.54) is 11.1 Å². The van der Waals surface area contributed by atoms with Gasteiger partial charge in [-0.3, -0.25) is 4.40 Å². The maximum absolute atomic E-state index is 5.16. The summed E-state index contributed by atoms with van der Waals surface area (Å²) in [5.74, 6) is 0.683. The molecular formula is C48H31N5. The summed E-state index contributed by atoms with van der Waals surface area (Å²) in [5.41, 5.74) is 15.1. The Kier molecular flexibility index (Phi) is 7.40. The van der Waals surface area contributed by atoms with Gasteiger partial charge >= 0.3 is 0 Å². The largest absolute Gasteiger partial charge is 0.298 e. The first-order valence-electron chi connectivity index (χ1n) is 17.7. The van der Waals surface area contributed by atoms with Crippen LogP contribution in [0.4, 0.5) is 0 Å². The predicted octanol–water partition coefficient (Wildman–Crippen LogP) is 11.8. The third-order valence-electron chi connectivity index (χ3n) is 9.84. The topological polar surface area (TPSA) is 56.0 Å². The Morgan fingerprint density at radius 3 is 1.66 bits per heavy atom. The molecule has 4 aromatic heterocycles. The molecule has 0 aliphatic carbocycles. The van der Waals surface area contributed by atoms with Gasteiger partial charge in [0.1, 0.15) is 11.2 Å². The molecule has 4 heterocycles. The van der Waals surface area contributed by atoms with Crippen LogP contribution in [0, 0.1) is 0 Å². The van der Waals surface area contributed by atoms with Crippen LogP contribution in [-0.4, -0.2) is 24.3 Å². The number of rotatable bonds is 6. The molecule has 0 saturated heterocycles. The first kappa shape index (κ1) is 30.6. The van der Waals surface area contributed by atoms with Crippen molar-refractivity contribution in [3.63, 3.8) is 0 Å². The molecule has 6 aromatic carbocycles. The van der Waals surface area contributed by atoms with E-state index < -0.39 is 0 Å². The zero-order valence-corrected chi connectivity index (χ0v) is 28.6. The average Bonchev–Trinajstić information content (AvgIpc) is 3.64. The van der Waals surface area contributed by atoms with Gasteiger partial charge in [0.05, 0.1) is 28.1 Å². The smallest absolute Gasteiger partial charge is 0.160 e. The normalized spacial score (nSPS) is 11.4. The summed E-state index contributed by atoms with van der Waals surface area (Å²) in [7, 11) is 0. The summed E-state index contributed by atoms with van der Waals surface area (Å²) in [6.45, 7) is 0. The van der Waals surface area contributed by atoms with Crippen LogP contribution in [0.15, 0.2) is 188 Å². The number of imidazole rings is 1. The fourth-order valence-corrected chi connectivity index (χ4v) is 7.16. The lowest BCUT2D eigenvalue weighted by atomic mass is 9.99. The molecule has 10 aromatic rings. The van der Waals surface area contributed by atoms with E-state index in [1.807, 2.05) is 54.6 Å². The molecule has 0 aliphatic heterocycles. The van der Waals surface area contributed by atoms with E-state index in [0.717, 1.165) is 78.0 Å². The van der Waals surface area contributed by atoms with E-state index >= 15 is 0 Å². The molecule has 248 valence electrons. The van der Waals surface area contributed by atoms with Gasteiger partial charge in [0.2, 0.25) is 0 Å². The van der Waals surface area contributed by atoms with Gasteiger partial charge in [-0.1, -0.05) is 152 Å². The van der Waals surface area contributed by atoms with Crippen molar-refractivity contribution >= 4 is 27.6 Å². The SMILES string of the molecule is c1ccc(-c2ccc(-c3cc(-c4ccccc4)nc(-c4cccc(-c5ccc(-c6nc7ccccc7c7nc8ccccn8c67)cc5)c4)n3)cc2)cc1. The van der Waals surface area contributed by atoms with Crippen LogP contribution in [0.1, 0.15) is 0 Å². The molecular weight excluding hydrogens is 647 g/mol. The summed E-state index contributed by atoms with van der Waals surface area (Å²) in [4.78, 5) is 20.4. The molecule has 53 heavy (non-hydrogen) atoms. The highest BCUT2D eigenvalue weighted by Crippen LogP contribution is 2.35. The maximum Gasteiger partial charge on any atom is 0.160 e. The Hall–Kier alpha value is -7.24. The van der Waals surface area contributed by atoms with E-state index in [9.17, 15) is 0 Å². The van der Waals surface area contributed by atoms with Crippen molar-refractivity contribution < 1.29 is 0 Å². The number of aromatic nitrogens is 5. The standard InChI is InChI=1S/C48H31N5/c1-3-12-32(13-4-1)33-21-25-36(26-22-33)43-31-42(35-14-5-2-6-15-35)50-48(51-43)39-17-11-16-38(30-39)34-23-27-37(28-24-34)45-47-46(40-18-7-8-19-41(40)49-45)52-44-20-9-10-29-53(44)47/h1-31H. The van der Waals surface area contributed by atoms with Crippen LogP contribution in [0.25, 0.3) is 95.0 Å². The van der Waals surface area contributed by atoms with Gasteiger partial charge in [0, 0.05) is 33.8 Å². The van der Waals surface area contributed by atoms with Crippen molar-refractivity contribution in [3.8, 4) is 67.4 Å². The van der Waals surface area contributed by atoms with Gasteiger partial charge in [-0.05, 0) is 52.6 Å².